The second kappa shape index (κ2) is 6.69. The molecule has 0 aliphatic carbocycles. The van der Waals surface area contributed by atoms with Crippen LogP contribution in [-0.4, -0.2) is 9.79 Å². The van der Waals surface area contributed by atoms with E-state index in [0.29, 0.717) is 16.3 Å². The molecule has 2 rings (SSSR count). The molecule has 21 heavy (non-hydrogen) atoms. The molecule has 0 aliphatic rings. The van der Waals surface area contributed by atoms with Gasteiger partial charge in [-0.1, -0.05) is 29.3 Å². The Labute approximate surface area is 131 Å². The maximum absolute atomic E-state index is 10.8. The minimum Gasteiger partial charge on any atom is -0.473 e. The molecule has 2 radical (unpaired) electrons. The van der Waals surface area contributed by atoms with Gasteiger partial charge in [0, 0.05) is 10.6 Å². The normalized spacial score (nSPS) is 11.2. The fourth-order valence-corrected chi connectivity index (χ4v) is 2.13. The number of hydrogen-bond donors (Lipinski definition) is 2. The number of ether oxygens (including phenoxy) is 1. The van der Waals surface area contributed by atoms with Crippen molar-refractivity contribution >= 4 is 31.0 Å². The van der Waals surface area contributed by atoms with E-state index in [4.69, 9.17) is 37.7 Å². The van der Waals surface area contributed by atoms with Gasteiger partial charge < -0.3 is 9.26 Å². The summed E-state index contributed by atoms with van der Waals surface area (Å²) in [5, 5.41) is 0.640. The third kappa shape index (κ3) is 5.23. The topological polar surface area (TPSA) is 76.0 Å². The zero-order valence-corrected chi connectivity index (χ0v) is 12.8. The van der Waals surface area contributed by atoms with Gasteiger partial charge in [-0.05, 0) is 36.4 Å². The Kier molecular flexibility index (Phi) is 5.14. The molecule has 0 saturated heterocycles. The predicted octanol–water partition coefficient (Wildman–Crippen LogP) is 3.93. The van der Waals surface area contributed by atoms with E-state index in [1.165, 1.54) is 12.1 Å². The largest absolute Gasteiger partial charge is 0.524 e. The summed E-state index contributed by atoms with van der Waals surface area (Å²) in [6, 6.07) is 10.9. The molecule has 5 nitrogen and oxygen atoms in total. The monoisotopic (exact) mass is 346 g/mol. The third-order valence-corrected chi connectivity index (χ3v) is 3.25. The summed E-state index contributed by atoms with van der Waals surface area (Å²) in [5.74, 6) is 0.349. The van der Waals surface area contributed by atoms with Crippen LogP contribution in [0.3, 0.4) is 0 Å². The van der Waals surface area contributed by atoms with Crippen molar-refractivity contribution in [3.05, 3.63) is 64.7 Å². The number of phosphoric ester groups is 1. The van der Waals surface area contributed by atoms with Crippen LogP contribution in [0.1, 0.15) is 5.56 Å². The van der Waals surface area contributed by atoms with Crippen LogP contribution in [-0.2, 0) is 4.57 Å². The Morgan fingerprint density at radius 2 is 1.71 bits per heavy atom. The molecule has 8 heteroatoms. The lowest BCUT2D eigenvalue weighted by molar-refractivity contribution is 0.283. The van der Waals surface area contributed by atoms with Crippen LogP contribution >= 0.6 is 31.0 Å². The lowest BCUT2D eigenvalue weighted by Crippen LogP contribution is -1.95. The average Bonchev–Trinajstić information content (AvgIpc) is 2.40. The van der Waals surface area contributed by atoms with Gasteiger partial charge in [0.15, 0.2) is 5.75 Å². The highest BCUT2D eigenvalue weighted by molar-refractivity contribution is 7.46. The molecule has 0 saturated carbocycles. The van der Waals surface area contributed by atoms with Gasteiger partial charge in [-0.2, -0.15) is 0 Å². The Morgan fingerprint density at radius 3 is 2.33 bits per heavy atom. The van der Waals surface area contributed by atoms with Crippen molar-refractivity contribution in [3.8, 4) is 11.5 Å². The summed E-state index contributed by atoms with van der Waals surface area (Å²) in [6.45, 7) is 2.60. The molecule has 0 unspecified atom stereocenters. The number of rotatable bonds is 5. The number of phosphoric acid groups is 1. The highest BCUT2D eigenvalue weighted by Crippen LogP contribution is 2.41. The summed E-state index contributed by atoms with van der Waals surface area (Å²) >= 11 is 11.5. The van der Waals surface area contributed by atoms with Crippen molar-refractivity contribution in [1.82, 2.24) is 0 Å². The van der Waals surface area contributed by atoms with Crippen LogP contribution in [0.25, 0.3) is 0 Å². The Hall–Kier alpha value is -1.23. The first kappa shape index (κ1) is 16.1. The molecule has 0 aromatic heterocycles. The highest BCUT2D eigenvalue weighted by Gasteiger charge is 2.18. The number of halogens is 2. The average molecular weight is 347 g/mol. The van der Waals surface area contributed by atoms with E-state index in [-0.39, 0.29) is 10.8 Å². The van der Waals surface area contributed by atoms with Crippen molar-refractivity contribution in [2.75, 3.05) is 0 Å². The quantitative estimate of drug-likeness (QED) is 0.802. The van der Waals surface area contributed by atoms with Crippen molar-refractivity contribution in [3.63, 3.8) is 0 Å². The van der Waals surface area contributed by atoms with E-state index in [9.17, 15) is 4.57 Å². The minimum atomic E-state index is -4.68. The SMILES string of the molecule is O=P(O)(O)Oc1cc([C]Oc2ccc(Cl)cc2)ccc1Cl. The van der Waals surface area contributed by atoms with Crippen molar-refractivity contribution in [1.29, 1.82) is 0 Å². The summed E-state index contributed by atoms with van der Waals surface area (Å²) in [4.78, 5) is 17.6. The van der Waals surface area contributed by atoms with Gasteiger partial charge in [-0.15, -0.1) is 0 Å². The van der Waals surface area contributed by atoms with Crippen molar-refractivity contribution in [2.24, 2.45) is 0 Å². The number of hydrogen-bond acceptors (Lipinski definition) is 3. The smallest absolute Gasteiger partial charge is 0.473 e. The zero-order chi connectivity index (χ0) is 15.5. The molecule has 2 aromatic carbocycles. The minimum absolute atomic E-state index is 0.0652. The molecular weight excluding hydrogens is 338 g/mol. The number of benzene rings is 2. The van der Waals surface area contributed by atoms with Crippen LogP contribution in [0, 0.1) is 6.61 Å². The van der Waals surface area contributed by atoms with Gasteiger partial charge in [0.05, 0.1) is 5.02 Å². The summed E-state index contributed by atoms with van der Waals surface area (Å²) in [7, 11) is -4.68. The van der Waals surface area contributed by atoms with Gasteiger partial charge in [-0.3, -0.25) is 9.79 Å². The van der Waals surface area contributed by atoms with Gasteiger partial charge in [0.25, 0.3) is 0 Å². The summed E-state index contributed by atoms with van der Waals surface area (Å²) in [5.41, 5.74) is 0.401. The Morgan fingerprint density at radius 1 is 1.05 bits per heavy atom. The van der Waals surface area contributed by atoms with Gasteiger partial charge in [-0.25, -0.2) is 4.57 Å². The van der Waals surface area contributed by atoms with Gasteiger partial charge in [0.1, 0.15) is 5.75 Å². The van der Waals surface area contributed by atoms with E-state index in [1.54, 1.807) is 30.3 Å². The molecule has 0 bridgehead atoms. The molecule has 0 fully saturated rings. The second-order valence-corrected chi connectivity index (χ2v) is 5.89. The molecule has 2 aromatic rings. The van der Waals surface area contributed by atoms with E-state index in [1.807, 2.05) is 0 Å². The highest BCUT2D eigenvalue weighted by atomic mass is 35.5. The summed E-state index contributed by atoms with van der Waals surface area (Å²) < 4.78 is 20.6. The molecule has 0 heterocycles. The zero-order valence-electron chi connectivity index (χ0n) is 10.4. The van der Waals surface area contributed by atoms with E-state index in [2.05, 4.69) is 11.1 Å². The predicted molar refractivity (Wildman–Crippen MR) is 78.5 cm³/mol. The Balaban J connectivity index is 2.08. The molecule has 110 valence electrons. The standard InChI is InChI=1S/C13H9Cl2O5P/c14-10-2-4-11(5-3-10)19-8-9-1-6-12(15)13(7-9)20-21(16,17)18/h1-7H,(H2,16,17,18). The lowest BCUT2D eigenvalue weighted by Gasteiger charge is -2.10. The van der Waals surface area contributed by atoms with Crippen LogP contribution < -0.4 is 9.26 Å². The van der Waals surface area contributed by atoms with Crippen molar-refractivity contribution < 1.29 is 23.6 Å². The van der Waals surface area contributed by atoms with Gasteiger partial charge >= 0.3 is 7.82 Å². The van der Waals surface area contributed by atoms with Crippen molar-refractivity contribution in [2.45, 2.75) is 0 Å². The molecule has 0 aliphatic heterocycles. The fourth-order valence-electron chi connectivity index (χ4n) is 1.39. The van der Waals surface area contributed by atoms with Crippen LogP contribution in [0.2, 0.25) is 10.0 Å². The first-order valence-corrected chi connectivity index (χ1v) is 7.85. The molecule has 0 atom stereocenters. The maximum atomic E-state index is 10.8. The van der Waals surface area contributed by atoms with Crippen LogP contribution in [0.15, 0.2) is 42.5 Å². The second-order valence-electron chi connectivity index (χ2n) is 3.89. The lowest BCUT2D eigenvalue weighted by atomic mass is 10.2. The first-order valence-electron chi connectivity index (χ1n) is 5.56. The Bertz CT molecular complexity index is 669. The maximum Gasteiger partial charge on any atom is 0.524 e. The van der Waals surface area contributed by atoms with Crippen LogP contribution in [0.5, 0.6) is 11.5 Å². The van der Waals surface area contributed by atoms with Crippen LogP contribution in [0.4, 0.5) is 0 Å². The molecule has 0 amide bonds. The first-order chi connectivity index (χ1) is 9.83. The fraction of sp³-hybridized carbons (Fsp3) is 0. The molecule has 2 N–H and O–H groups in total. The van der Waals surface area contributed by atoms with E-state index >= 15 is 0 Å². The summed E-state index contributed by atoms with van der Waals surface area (Å²) in [6.07, 6.45) is 0. The molecule has 0 spiro atoms. The van der Waals surface area contributed by atoms with Gasteiger partial charge in [0.2, 0.25) is 6.61 Å². The third-order valence-electron chi connectivity index (χ3n) is 2.25. The molecular formula is C13H9Cl2O5P. The van der Waals surface area contributed by atoms with E-state index < -0.39 is 7.82 Å². The van der Waals surface area contributed by atoms with E-state index in [0.717, 1.165) is 0 Å².